The minimum Gasteiger partial charge on any atom is -1.00 e. The van der Waals surface area contributed by atoms with Gasteiger partial charge < -0.3 is 52.9 Å². The Kier molecular flexibility index (Phi) is 86.9. The van der Waals surface area contributed by atoms with Crippen molar-refractivity contribution in [3.8, 4) is 0 Å². The number of esters is 2. The first-order chi connectivity index (χ1) is 51.5. The van der Waals surface area contributed by atoms with E-state index in [9.17, 15) is 42.9 Å². The van der Waals surface area contributed by atoms with Crippen molar-refractivity contribution in [3.63, 3.8) is 0 Å². The number of carbonyl (C=O) groups excluding carboxylic acids is 5. The molecular formula is C83H166N4Na2O17P2. The zero-order chi connectivity index (χ0) is 77.8. The molecule has 6 N–H and O–H groups in total. The third-order valence-corrected chi connectivity index (χ3v) is 21.5. The molecule has 0 aromatic heterocycles. The molecule has 4 amide bonds. The SMILES string of the molecule is CCCCCCCCCCCCCC(=O)NC(COCC[C@@H](CCCCCCC)OC(=O)CCCCCCCCCCC)COP(=O)(O)OCCNC(=O)NCCOP(=O)(O)OCC(COCC[C@@H](CCCCCCC)OC(=O)CCCCCCCCCCC)NC(=O)CCCCCCCCCCCCC.[H-].[H-].[Na+].[Na+]. The fraction of sp³-hybridized carbons (Fsp3) is 0.940. The second-order valence-corrected chi connectivity index (χ2v) is 32.9. The molecule has 6 atom stereocenters. The predicted octanol–water partition coefficient (Wildman–Crippen LogP) is 16.4. The van der Waals surface area contributed by atoms with E-state index < -0.39 is 60.2 Å². The Bertz CT molecular complexity index is 1990. The maximum Gasteiger partial charge on any atom is 1.00 e. The summed E-state index contributed by atoms with van der Waals surface area (Å²) in [6, 6.07) is -2.32. The summed E-state index contributed by atoms with van der Waals surface area (Å²) in [4.78, 5) is 86.8. The van der Waals surface area contributed by atoms with E-state index in [4.69, 9.17) is 37.0 Å². The van der Waals surface area contributed by atoms with Crippen LogP contribution in [0.5, 0.6) is 0 Å². The Hall–Kier alpha value is -0.710. The molecule has 0 spiro atoms. The average Bonchev–Trinajstić information content (AvgIpc) is 0.913. The average molecular weight is 1600 g/mol. The van der Waals surface area contributed by atoms with E-state index in [2.05, 4.69) is 62.8 Å². The minimum atomic E-state index is -4.70. The van der Waals surface area contributed by atoms with Crippen molar-refractivity contribution in [2.24, 2.45) is 0 Å². The number of urea groups is 1. The van der Waals surface area contributed by atoms with Crippen LogP contribution < -0.4 is 80.4 Å². The van der Waals surface area contributed by atoms with Gasteiger partial charge in [0.1, 0.15) is 12.2 Å². The quantitative estimate of drug-likeness (QED) is 0.0143. The van der Waals surface area contributed by atoms with Crippen LogP contribution in [-0.2, 0) is 65.4 Å². The van der Waals surface area contributed by atoms with Crippen LogP contribution >= 0.6 is 15.6 Å². The number of phosphoric ester groups is 2. The van der Waals surface area contributed by atoms with Crippen LogP contribution in [-0.4, -0.2) is 130 Å². The minimum absolute atomic E-state index is 0. The van der Waals surface area contributed by atoms with Gasteiger partial charge in [-0.05, 0) is 51.4 Å². The topological polar surface area (TPSA) is 282 Å². The van der Waals surface area contributed by atoms with E-state index in [0.717, 1.165) is 154 Å². The maximum absolute atomic E-state index is 13.3. The first-order valence-electron chi connectivity index (χ1n) is 43.9. The fourth-order valence-electron chi connectivity index (χ4n) is 12.9. The number of unbranched alkanes of at least 4 members (excludes halogenated alkanes) is 44. The van der Waals surface area contributed by atoms with Crippen LogP contribution in [0.15, 0.2) is 0 Å². The maximum atomic E-state index is 13.3. The molecule has 632 valence electrons. The molecule has 21 nitrogen and oxygen atoms in total. The molecule has 0 rings (SSSR count). The summed E-state index contributed by atoms with van der Waals surface area (Å²) in [7, 11) is -9.41. The molecule has 0 aromatic carbocycles. The predicted molar refractivity (Wildman–Crippen MR) is 434 cm³/mol. The van der Waals surface area contributed by atoms with Crippen LogP contribution in [0.25, 0.3) is 0 Å². The normalized spacial score (nSPS) is 13.6. The molecule has 0 aliphatic rings. The molecule has 108 heavy (non-hydrogen) atoms. The number of phosphoric acid groups is 2. The van der Waals surface area contributed by atoms with E-state index in [0.29, 0.717) is 38.5 Å². The van der Waals surface area contributed by atoms with Crippen LogP contribution in [0.4, 0.5) is 4.79 Å². The van der Waals surface area contributed by atoms with Crippen LogP contribution in [0.1, 0.15) is 417 Å². The van der Waals surface area contributed by atoms with Gasteiger partial charge >= 0.3 is 92.7 Å². The Balaban J connectivity index is -0.00000919. The third kappa shape index (κ3) is 80.5. The number of hydrogen-bond acceptors (Lipinski definition) is 15. The largest absolute Gasteiger partial charge is 1.00 e. The number of ether oxygens (including phenoxy) is 4. The van der Waals surface area contributed by atoms with Crippen molar-refractivity contribution in [2.45, 2.75) is 438 Å². The van der Waals surface area contributed by atoms with Gasteiger partial charge in [0.05, 0.1) is 64.9 Å². The Morgan fingerprint density at radius 3 is 0.815 bits per heavy atom. The number of amides is 4. The van der Waals surface area contributed by atoms with E-state index >= 15 is 0 Å². The van der Waals surface area contributed by atoms with Crippen molar-refractivity contribution in [2.75, 3.05) is 65.9 Å². The van der Waals surface area contributed by atoms with Crippen molar-refractivity contribution in [1.29, 1.82) is 0 Å². The summed E-state index contributed by atoms with van der Waals surface area (Å²) in [6.07, 6.45) is 59.9. The van der Waals surface area contributed by atoms with Gasteiger partial charge in [-0.3, -0.25) is 37.3 Å². The van der Waals surface area contributed by atoms with Crippen molar-refractivity contribution in [1.82, 2.24) is 21.3 Å². The molecule has 4 unspecified atom stereocenters. The van der Waals surface area contributed by atoms with E-state index in [1.54, 1.807) is 0 Å². The standard InChI is InChI=1S/C83H164N4O17P2.2Na.2H/c1-7-13-19-25-29-33-35-39-41-47-53-59-79(88)86-75(71-97-67-63-77(57-51-45-23-17-11-5)103-81(90)61-55-49-43-37-31-27-21-15-9-3)73-101-105(93,94)99-69-65-84-83(92)85-66-70-100-106(95,96)102-74-76(87-80(89)60-54-48-42-40-36-34-30-26-20-14-8-2)72-98-68-64-78(58-52-46-24-18-12-6)104-82(91)62-56-50-44-38-32-28-22-16-10-4;;;;/h75-78H,7-74H2,1-6H3,(H,86,88)(H,87,89)(H,93,94)(H,95,96)(H2,84,85,92);;;;/q;2*+1;2*-1/t75?,76?,77-,78-;;;;/m1..../s1. The monoisotopic (exact) mass is 1600 g/mol. The van der Waals surface area contributed by atoms with Gasteiger partial charge in [0.15, 0.2) is 0 Å². The second kappa shape index (κ2) is 84.2. The van der Waals surface area contributed by atoms with E-state index in [1.807, 2.05) is 0 Å². The number of nitrogens with one attached hydrogen (secondary N) is 4. The molecule has 0 fully saturated rings. The molecule has 0 saturated carbocycles. The molecule has 0 saturated heterocycles. The molecule has 25 heteroatoms. The molecule has 0 bridgehead atoms. The van der Waals surface area contributed by atoms with E-state index in [1.165, 1.54) is 167 Å². The van der Waals surface area contributed by atoms with Gasteiger partial charge in [-0.1, -0.05) is 324 Å². The van der Waals surface area contributed by atoms with Crippen LogP contribution in [0.3, 0.4) is 0 Å². The number of rotatable bonds is 84. The summed E-state index contributed by atoms with van der Waals surface area (Å²) >= 11 is 0. The fourth-order valence-corrected chi connectivity index (χ4v) is 14.5. The molecular weight excluding hydrogens is 1430 g/mol. The third-order valence-electron chi connectivity index (χ3n) is 19.5. The number of carbonyl (C=O) groups is 5. The van der Waals surface area contributed by atoms with Gasteiger partial charge in [0.25, 0.3) is 0 Å². The summed E-state index contributed by atoms with van der Waals surface area (Å²) in [5.74, 6) is -0.846. The molecule has 0 aliphatic carbocycles. The van der Waals surface area contributed by atoms with E-state index in [-0.39, 0.29) is 150 Å². The Morgan fingerprint density at radius 1 is 0.306 bits per heavy atom. The van der Waals surface area contributed by atoms with Crippen LogP contribution in [0.2, 0.25) is 0 Å². The van der Waals surface area contributed by atoms with Gasteiger partial charge in [0.2, 0.25) is 11.8 Å². The molecule has 0 heterocycles. The number of hydrogen-bond donors (Lipinski definition) is 6. The van der Waals surface area contributed by atoms with Crippen LogP contribution in [0, 0.1) is 0 Å². The van der Waals surface area contributed by atoms with Gasteiger partial charge in [-0.2, -0.15) is 0 Å². The first-order valence-corrected chi connectivity index (χ1v) is 46.9. The van der Waals surface area contributed by atoms with Crippen molar-refractivity contribution >= 4 is 45.4 Å². The molecule has 0 radical (unpaired) electrons. The van der Waals surface area contributed by atoms with Crippen molar-refractivity contribution < 1.29 is 142 Å². The first kappa shape index (κ1) is 111. The molecule has 0 aliphatic heterocycles. The summed E-state index contributed by atoms with van der Waals surface area (Å²) in [5.41, 5.74) is 0. The summed E-state index contributed by atoms with van der Waals surface area (Å²) in [5, 5.41) is 10.8. The second-order valence-electron chi connectivity index (χ2n) is 30.0. The smallest absolute Gasteiger partial charge is 1.00 e. The Morgan fingerprint density at radius 2 is 0.546 bits per heavy atom. The van der Waals surface area contributed by atoms with Crippen molar-refractivity contribution in [3.05, 3.63) is 0 Å². The zero-order valence-electron chi connectivity index (χ0n) is 72.8. The van der Waals surface area contributed by atoms with Gasteiger partial charge in [0, 0.05) is 51.6 Å². The summed E-state index contributed by atoms with van der Waals surface area (Å²) < 4.78 is 71.7. The Labute approximate surface area is 707 Å². The molecule has 0 aromatic rings. The summed E-state index contributed by atoms with van der Waals surface area (Å²) in [6.45, 7) is 11.6. The van der Waals surface area contributed by atoms with Gasteiger partial charge in [-0.15, -0.1) is 0 Å². The zero-order valence-corrected chi connectivity index (χ0v) is 76.6. The van der Waals surface area contributed by atoms with Gasteiger partial charge in [-0.25, -0.2) is 13.9 Å².